The molecule has 0 amide bonds. The van der Waals surface area contributed by atoms with Crippen molar-refractivity contribution in [3.63, 3.8) is 0 Å². The van der Waals surface area contributed by atoms with E-state index >= 15 is 0 Å². The molecule has 4 heteroatoms. The number of carboxylic acids is 1. The van der Waals surface area contributed by atoms with Crippen LogP contribution in [0.25, 0.3) is 0 Å². The molecular weight excluding hydrogens is 182 g/mol. The first-order chi connectivity index (χ1) is 6.69. The van der Waals surface area contributed by atoms with Crippen LogP contribution >= 0.6 is 0 Å². The summed E-state index contributed by atoms with van der Waals surface area (Å²) in [7, 11) is 3.29. The van der Waals surface area contributed by atoms with Crippen LogP contribution in [0.2, 0.25) is 0 Å². The second-order valence-electron chi connectivity index (χ2n) is 2.86. The molecule has 0 saturated carbocycles. The van der Waals surface area contributed by atoms with Gasteiger partial charge in [-0.05, 0) is 24.7 Å². The topological polar surface area (TPSA) is 58.6 Å². The van der Waals surface area contributed by atoms with Crippen LogP contribution in [0.4, 0.5) is 0 Å². The lowest BCUT2D eigenvalue weighted by Crippen LogP contribution is -2.10. The molecule has 0 atom stereocenters. The van der Waals surface area contributed by atoms with E-state index in [1.807, 2.05) is 0 Å². The van der Waals surface area contributed by atoms with Gasteiger partial charge in [-0.1, -0.05) is 6.07 Å². The van der Waals surface area contributed by atoms with Gasteiger partial charge in [0.05, 0.1) is 12.7 Å². The number of hydrogen-bond acceptors (Lipinski definition) is 3. The first-order valence-electron chi connectivity index (χ1n) is 4.24. The molecule has 0 bridgehead atoms. The molecule has 0 heterocycles. The Kier molecular flexibility index (Phi) is 3.48. The summed E-state index contributed by atoms with van der Waals surface area (Å²) in [5.74, 6) is -0.378. The summed E-state index contributed by atoms with van der Waals surface area (Å²) in [5.41, 5.74) is 1.03. The first-order valence-corrected chi connectivity index (χ1v) is 4.24. The van der Waals surface area contributed by atoms with E-state index in [1.54, 1.807) is 19.2 Å². The highest BCUT2D eigenvalue weighted by Gasteiger charge is 2.10. The maximum Gasteiger partial charge on any atom is 0.336 e. The molecule has 0 unspecified atom stereocenters. The summed E-state index contributed by atoms with van der Waals surface area (Å²) in [4.78, 5) is 10.9. The smallest absolute Gasteiger partial charge is 0.336 e. The first kappa shape index (κ1) is 10.5. The summed E-state index contributed by atoms with van der Waals surface area (Å²) < 4.78 is 4.95. The molecule has 0 aliphatic heterocycles. The Bertz CT molecular complexity index is 336. The standard InChI is InChI=1S/C10H13NO3/c1-11-6-7-3-4-8(14-2)5-9(7)10(12)13/h3-5,11H,6H2,1-2H3,(H,12,13). The minimum Gasteiger partial charge on any atom is -0.497 e. The van der Waals surface area contributed by atoms with E-state index in [2.05, 4.69) is 5.32 Å². The van der Waals surface area contributed by atoms with Crippen LogP contribution in [0.1, 0.15) is 15.9 Å². The minimum atomic E-state index is -0.936. The van der Waals surface area contributed by atoms with E-state index in [4.69, 9.17) is 9.84 Å². The van der Waals surface area contributed by atoms with Gasteiger partial charge < -0.3 is 15.2 Å². The zero-order valence-electron chi connectivity index (χ0n) is 8.20. The molecule has 0 fully saturated rings. The number of rotatable bonds is 4. The quantitative estimate of drug-likeness (QED) is 0.755. The van der Waals surface area contributed by atoms with Crippen molar-refractivity contribution in [2.75, 3.05) is 14.2 Å². The Labute approximate surface area is 82.5 Å². The van der Waals surface area contributed by atoms with Gasteiger partial charge in [-0.15, -0.1) is 0 Å². The fourth-order valence-electron chi connectivity index (χ4n) is 1.23. The van der Waals surface area contributed by atoms with Gasteiger partial charge in [-0.2, -0.15) is 0 Å². The van der Waals surface area contributed by atoms with Crippen molar-refractivity contribution in [2.24, 2.45) is 0 Å². The maximum absolute atomic E-state index is 10.9. The van der Waals surface area contributed by atoms with Crippen LogP contribution in [0.3, 0.4) is 0 Å². The number of hydrogen-bond donors (Lipinski definition) is 2. The van der Waals surface area contributed by atoms with Crippen molar-refractivity contribution < 1.29 is 14.6 Å². The van der Waals surface area contributed by atoms with Crippen molar-refractivity contribution in [1.29, 1.82) is 0 Å². The fraction of sp³-hybridized carbons (Fsp3) is 0.300. The summed E-state index contributed by atoms with van der Waals surface area (Å²) >= 11 is 0. The second-order valence-corrected chi connectivity index (χ2v) is 2.86. The molecule has 0 aliphatic carbocycles. The van der Waals surface area contributed by atoms with Gasteiger partial charge in [0.1, 0.15) is 5.75 Å². The zero-order chi connectivity index (χ0) is 10.6. The minimum absolute atomic E-state index is 0.277. The van der Waals surface area contributed by atoms with E-state index in [1.165, 1.54) is 13.2 Å². The van der Waals surface area contributed by atoms with Gasteiger partial charge in [0, 0.05) is 6.54 Å². The summed E-state index contributed by atoms with van der Waals surface area (Å²) in [6.07, 6.45) is 0. The average molecular weight is 195 g/mol. The Balaban J connectivity index is 3.10. The average Bonchev–Trinajstić information content (AvgIpc) is 2.18. The third-order valence-corrected chi connectivity index (χ3v) is 1.91. The van der Waals surface area contributed by atoms with E-state index in [9.17, 15) is 4.79 Å². The maximum atomic E-state index is 10.9. The highest BCUT2D eigenvalue weighted by Crippen LogP contribution is 2.17. The number of carboxylic acid groups (broad SMARTS) is 1. The van der Waals surface area contributed by atoms with E-state index in [0.717, 1.165) is 5.56 Å². The van der Waals surface area contributed by atoms with E-state index < -0.39 is 5.97 Å². The number of aromatic carboxylic acids is 1. The summed E-state index contributed by atoms with van der Waals surface area (Å²) in [5, 5.41) is 11.8. The van der Waals surface area contributed by atoms with Crippen molar-refractivity contribution >= 4 is 5.97 Å². The predicted molar refractivity (Wildman–Crippen MR) is 52.7 cm³/mol. The number of nitrogens with one attached hydrogen (secondary N) is 1. The fourth-order valence-corrected chi connectivity index (χ4v) is 1.23. The molecular formula is C10H13NO3. The van der Waals surface area contributed by atoms with Crippen molar-refractivity contribution in [2.45, 2.75) is 6.54 Å². The lowest BCUT2D eigenvalue weighted by molar-refractivity contribution is 0.0695. The Morgan fingerprint density at radius 2 is 2.29 bits per heavy atom. The van der Waals surface area contributed by atoms with Crippen LogP contribution in [0.15, 0.2) is 18.2 Å². The third kappa shape index (κ3) is 2.23. The van der Waals surface area contributed by atoms with Crippen LogP contribution < -0.4 is 10.1 Å². The molecule has 14 heavy (non-hydrogen) atoms. The van der Waals surface area contributed by atoms with Gasteiger partial charge in [-0.25, -0.2) is 4.79 Å². The summed E-state index contributed by atoms with van der Waals surface area (Å²) in [6, 6.07) is 5.02. The SMILES string of the molecule is CNCc1ccc(OC)cc1C(=O)O. The Morgan fingerprint density at radius 1 is 1.57 bits per heavy atom. The number of ether oxygens (including phenoxy) is 1. The molecule has 1 aromatic carbocycles. The molecule has 76 valence electrons. The number of carbonyl (C=O) groups is 1. The van der Waals surface area contributed by atoms with Crippen molar-refractivity contribution in [3.05, 3.63) is 29.3 Å². The highest BCUT2D eigenvalue weighted by molar-refractivity contribution is 5.89. The molecule has 0 radical (unpaired) electrons. The number of benzene rings is 1. The molecule has 2 N–H and O–H groups in total. The molecule has 1 aromatic rings. The predicted octanol–water partition coefficient (Wildman–Crippen LogP) is 1.11. The Hall–Kier alpha value is -1.55. The van der Waals surface area contributed by atoms with Gasteiger partial charge in [0.2, 0.25) is 0 Å². The summed E-state index contributed by atoms with van der Waals surface area (Å²) in [6.45, 7) is 0.533. The third-order valence-electron chi connectivity index (χ3n) is 1.91. The van der Waals surface area contributed by atoms with Crippen LogP contribution in [0.5, 0.6) is 5.75 Å². The largest absolute Gasteiger partial charge is 0.497 e. The zero-order valence-corrected chi connectivity index (χ0v) is 8.20. The van der Waals surface area contributed by atoms with Gasteiger partial charge in [-0.3, -0.25) is 0 Å². The van der Waals surface area contributed by atoms with Crippen molar-refractivity contribution in [1.82, 2.24) is 5.32 Å². The van der Waals surface area contributed by atoms with Gasteiger partial charge in [0.25, 0.3) is 0 Å². The normalized spacial score (nSPS) is 9.86. The molecule has 0 aromatic heterocycles. The Morgan fingerprint density at radius 3 is 2.79 bits per heavy atom. The van der Waals surface area contributed by atoms with Crippen LogP contribution in [-0.2, 0) is 6.54 Å². The molecule has 0 saturated heterocycles. The highest BCUT2D eigenvalue weighted by atomic mass is 16.5. The lowest BCUT2D eigenvalue weighted by Gasteiger charge is -2.07. The van der Waals surface area contributed by atoms with E-state index in [-0.39, 0.29) is 5.56 Å². The van der Waals surface area contributed by atoms with Crippen molar-refractivity contribution in [3.8, 4) is 5.75 Å². The van der Waals surface area contributed by atoms with Crippen LogP contribution in [0, 0.1) is 0 Å². The van der Waals surface area contributed by atoms with Crippen LogP contribution in [-0.4, -0.2) is 25.2 Å². The molecule has 4 nitrogen and oxygen atoms in total. The monoisotopic (exact) mass is 195 g/mol. The van der Waals surface area contributed by atoms with Gasteiger partial charge >= 0.3 is 5.97 Å². The molecule has 0 aliphatic rings. The lowest BCUT2D eigenvalue weighted by atomic mass is 10.1. The van der Waals surface area contributed by atoms with Gasteiger partial charge in [0.15, 0.2) is 0 Å². The van der Waals surface area contributed by atoms with E-state index in [0.29, 0.717) is 12.3 Å². The molecule has 0 spiro atoms. The molecule has 1 rings (SSSR count). The number of methoxy groups -OCH3 is 1. The second kappa shape index (κ2) is 4.62.